The standard InChI is InChI=1S/C18H30N2O/c1-6-18(3,4)20(15-10-8-7-9-11-15)16-12-13-19-14(2)17(16)21-5/h12-13,15H,6-11H2,1-5H3. The number of rotatable bonds is 5. The monoisotopic (exact) mass is 290 g/mol. The van der Waals surface area contributed by atoms with Gasteiger partial charge in [-0.3, -0.25) is 4.98 Å². The minimum Gasteiger partial charge on any atom is -0.493 e. The van der Waals surface area contributed by atoms with Crippen LogP contribution in [0.15, 0.2) is 12.3 Å². The van der Waals surface area contributed by atoms with Crippen molar-refractivity contribution in [2.75, 3.05) is 12.0 Å². The molecule has 0 spiro atoms. The van der Waals surface area contributed by atoms with Gasteiger partial charge in [0.1, 0.15) is 0 Å². The second-order valence-corrected chi connectivity index (χ2v) is 6.78. The molecule has 1 aromatic rings. The summed E-state index contributed by atoms with van der Waals surface area (Å²) in [6, 6.07) is 2.74. The lowest BCUT2D eigenvalue weighted by Crippen LogP contribution is -2.51. The minimum atomic E-state index is 0.128. The maximum atomic E-state index is 5.68. The van der Waals surface area contributed by atoms with Crippen LogP contribution >= 0.6 is 0 Å². The molecule has 0 N–H and O–H groups in total. The highest BCUT2D eigenvalue weighted by molar-refractivity contribution is 5.62. The second kappa shape index (κ2) is 6.67. The van der Waals surface area contributed by atoms with E-state index in [1.165, 1.54) is 37.8 Å². The number of aromatic nitrogens is 1. The van der Waals surface area contributed by atoms with Gasteiger partial charge in [-0.15, -0.1) is 0 Å². The van der Waals surface area contributed by atoms with Gasteiger partial charge < -0.3 is 9.64 Å². The van der Waals surface area contributed by atoms with E-state index in [-0.39, 0.29) is 5.54 Å². The van der Waals surface area contributed by atoms with Crippen LogP contribution in [0.1, 0.15) is 65.0 Å². The summed E-state index contributed by atoms with van der Waals surface area (Å²) in [7, 11) is 1.76. The first-order chi connectivity index (χ1) is 10.0. The Labute approximate surface area is 129 Å². The van der Waals surface area contributed by atoms with Crippen molar-refractivity contribution in [2.45, 2.75) is 77.8 Å². The van der Waals surface area contributed by atoms with Crippen LogP contribution in [-0.2, 0) is 0 Å². The fourth-order valence-corrected chi connectivity index (χ4v) is 3.51. The number of anilines is 1. The fraction of sp³-hybridized carbons (Fsp3) is 0.722. The molecule has 0 radical (unpaired) electrons. The van der Waals surface area contributed by atoms with Crippen LogP contribution in [0.3, 0.4) is 0 Å². The molecule has 3 nitrogen and oxygen atoms in total. The van der Waals surface area contributed by atoms with Gasteiger partial charge in [-0.1, -0.05) is 26.2 Å². The molecule has 21 heavy (non-hydrogen) atoms. The Morgan fingerprint density at radius 1 is 1.29 bits per heavy atom. The SMILES string of the molecule is CCC(C)(C)N(c1ccnc(C)c1OC)C1CCCCC1. The van der Waals surface area contributed by atoms with Crippen molar-refractivity contribution in [1.82, 2.24) is 4.98 Å². The number of methoxy groups -OCH3 is 1. The predicted octanol–water partition coefficient (Wildman–Crippen LogP) is 4.73. The van der Waals surface area contributed by atoms with Crippen molar-refractivity contribution in [3.8, 4) is 5.75 Å². The number of hydrogen-bond acceptors (Lipinski definition) is 3. The third-order valence-corrected chi connectivity index (χ3v) is 4.98. The lowest BCUT2D eigenvalue weighted by atomic mass is 9.88. The van der Waals surface area contributed by atoms with Crippen molar-refractivity contribution in [2.24, 2.45) is 0 Å². The highest BCUT2D eigenvalue weighted by Gasteiger charge is 2.34. The highest BCUT2D eigenvalue weighted by atomic mass is 16.5. The molecule has 3 heteroatoms. The number of hydrogen-bond donors (Lipinski definition) is 0. The fourth-order valence-electron chi connectivity index (χ4n) is 3.51. The molecule has 0 amide bonds. The molecule has 118 valence electrons. The summed E-state index contributed by atoms with van der Waals surface area (Å²) < 4.78 is 5.68. The third-order valence-electron chi connectivity index (χ3n) is 4.98. The Morgan fingerprint density at radius 2 is 1.95 bits per heavy atom. The first kappa shape index (κ1) is 16.1. The van der Waals surface area contributed by atoms with Gasteiger partial charge in [-0.2, -0.15) is 0 Å². The van der Waals surface area contributed by atoms with Crippen LogP contribution in [-0.4, -0.2) is 23.7 Å². The molecule has 2 rings (SSSR count). The molecular weight excluding hydrogens is 260 g/mol. The molecule has 1 fully saturated rings. The van der Waals surface area contributed by atoms with E-state index in [1.54, 1.807) is 7.11 Å². The molecule has 0 atom stereocenters. The zero-order chi connectivity index (χ0) is 15.5. The molecule has 1 aromatic heterocycles. The highest BCUT2D eigenvalue weighted by Crippen LogP contribution is 2.40. The van der Waals surface area contributed by atoms with Gasteiger partial charge in [0.05, 0.1) is 18.5 Å². The van der Waals surface area contributed by atoms with Gasteiger partial charge in [0, 0.05) is 17.8 Å². The number of pyridine rings is 1. The van der Waals surface area contributed by atoms with Gasteiger partial charge in [0.15, 0.2) is 5.75 Å². The molecular formula is C18H30N2O. The molecule has 0 aromatic carbocycles. The summed E-state index contributed by atoms with van der Waals surface area (Å²) in [5.41, 5.74) is 2.31. The van der Waals surface area contributed by atoms with Gasteiger partial charge in [-0.05, 0) is 46.1 Å². The van der Waals surface area contributed by atoms with Gasteiger partial charge in [-0.25, -0.2) is 0 Å². The van der Waals surface area contributed by atoms with E-state index < -0.39 is 0 Å². The van der Waals surface area contributed by atoms with Crippen LogP contribution in [0, 0.1) is 6.92 Å². The van der Waals surface area contributed by atoms with E-state index in [0.717, 1.165) is 17.9 Å². The van der Waals surface area contributed by atoms with E-state index in [0.29, 0.717) is 6.04 Å². The Morgan fingerprint density at radius 3 is 2.52 bits per heavy atom. The Hall–Kier alpha value is -1.25. The van der Waals surface area contributed by atoms with Crippen LogP contribution in [0.2, 0.25) is 0 Å². The van der Waals surface area contributed by atoms with Crippen molar-refractivity contribution in [3.63, 3.8) is 0 Å². The predicted molar refractivity (Wildman–Crippen MR) is 89.2 cm³/mol. The van der Waals surface area contributed by atoms with Gasteiger partial charge >= 0.3 is 0 Å². The van der Waals surface area contributed by atoms with E-state index in [4.69, 9.17) is 4.74 Å². The Balaban J connectivity index is 2.46. The normalized spacial score (nSPS) is 16.8. The summed E-state index contributed by atoms with van der Waals surface area (Å²) in [6.45, 7) is 8.99. The molecule has 1 aliphatic rings. The van der Waals surface area contributed by atoms with Crippen molar-refractivity contribution in [3.05, 3.63) is 18.0 Å². The van der Waals surface area contributed by atoms with Crippen molar-refractivity contribution >= 4 is 5.69 Å². The topological polar surface area (TPSA) is 25.4 Å². The van der Waals surface area contributed by atoms with Crippen LogP contribution in [0.4, 0.5) is 5.69 Å². The molecule has 0 bridgehead atoms. The number of nitrogens with zero attached hydrogens (tertiary/aromatic N) is 2. The zero-order valence-electron chi connectivity index (χ0n) is 14.3. The van der Waals surface area contributed by atoms with E-state index in [2.05, 4.69) is 36.7 Å². The van der Waals surface area contributed by atoms with Crippen LogP contribution in [0.5, 0.6) is 5.75 Å². The van der Waals surface area contributed by atoms with Crippen molar-refractivity contribution in [1.29, 1.82) is 0 Å². The van der Waals surface area contributed by atoms with E-state index in [9.17, 15) is 0 Å². The summed E-state index contributed by atoms with van der Waals surface area (Å²) >= 11 is 0. The van der Waals surface area contributed by atoms with E-state index in [1.807, 2.05) is 13.1 Å². The maximum Gasteiger partial charge on any atom is 0.163 e. The first-order valence-corrected chi connectivity index (χ1v) is 8.30. The van der Waals surface area contributed by atoms with Crippen LogP contribution in [0.25, 0.3) is 0 Å². The quantitative estimate of drug-likeness (QED) is 0.784. The lowest BCUT2D eigenvalue weighted by molar-refractivity contribution is 0.326. The largest absolute Gasteiger partial charge is 0.493 e. The Bertz CT molecular complexity index is 464. The minimum absolute atomic E-state index is 0.128. The summed E-state index contributed by atoms with van der Waals surface area (Å²) in [5.74, 6) is 0.935. The first-order valence-electron chi connectivity index (χ1n) is 8.30. The van der Waals surface area contributed by atoms with Gasteiger partial charge in [0.25, 0.3) is 0 Å². The number of aryl methyl sites for hydroxylation is 1. The molecule has 0 saturated heterocycles. The third kappa shape index (κ3) is 3.33. The molecule has 1 aliphatic carbocycles. The summed E-state index contributed by atoms with van der Waals surface area (Å²) in [6.07, 6.45) is 9.66. The average molecular weight is 290 g/mol. The summed E-state index contributed by atoms with van der Waals surface area (Å²) in [5, 5.41) is 0. The second-order valence-electron chi connectivity index (χ2n) is 6.78. The smallest absolute Gasteiger partial charge is 0.163 e. The number of ether oxygens (including phenoxy) is 1. The summed E-state index contributed by atoms with van der Waals surface area (Å²) in [4.78, 5) is 7.01. The average Bonchev–Trinajstić information content (AvgIpc) is 2.48. The Kier molecular flexibility index (Phi) is 5.13. The molecule has 1 heterocycles. The van der Waals surface area contributed by atoms with E-state index >= 15 is 0 Å². The van der Waals surface area contributed by atoms with Gasteiger partial charge in [0.2, 0.25) is 0 Å². The maximum absolute atomic E-state index is 5.68. The zero-order valence-corrected chi connectivity index (χ0v) is 14.3. The molecule has 1 saturated carbocycles. The molecule has 0 aliphatic heterocycles. The molecule has 0 unspecified atom stereocenters. The van der Waals surface area contributed by atoms with Crippen molar-refractivity contribution < 1.29 is 4.74 Å². The van der Waals surface area contributed by atoms with Crippen LogP contribution < -0.4 is 9.64 Å². The lowest BCUT2D eigenvalue weighted by Gasteiger charge is -2.47.